The highest BCUT2D eigenvalue weighted by molar-refractivity contribution is 5.71. The number of benzene rings is 4. The maximum atomic E-state index is 15.1. The molecule has 0 aliphatic carbocycles. The summed E-state index contributed by atoms with van der Waals surface area (Å²) in [6.07, 6.45) is -4.24. The summed E-state index contributed by atoms with van der Waals surface area (Å²) in [5.74, 6) is -9.33. The van der Waals surface area contributed by atoms with Crippen LogP contribution in [0.2, 0.25) is 0 Å². The summed E-state index contributed by atoms with van der Waals surface area (Å²) >= 11 is 0. The van der Waals surface area contributed by atoms with E-state index >= 15 is 4.39 Å². The second kappa shape index (κ2) is 13.9. The van der Waals surface area contributed by atoms with Crippen molar-refractivity contribution in [1.29, 1.82) is 0 Å². The summed E-state index contributed by atoms with van der Waals surface area (Å²) in [5.41, 5.74) is -1.59. The molecule has 3 nitrogen and oxygen atoms in total. The molecule has 1 saturated heterocycles. The molecule has 4 aromatic carbocycles. The summed E-state index contributed by atoms with van der Waals surface area (Å²) in [4.78, 5) is 0. The largest absolute Gasteiger partial charge is 0.389 e. The Morgan fingerprint density at radius 3 is 1.83 bits per heavy atom. The molecule has 5 rings (SSSR count). The minimum absolute atomic E-state index is 0.0530. The quantitative estimate of drug-likeness (QED) is 0.0968. The first kappa shape index (κ1) is 33.5. The van der Waals surface area contributed by atoms with Crippen molar-refractivity contribution < 1.29 is 53.7 Å². The molecule has 46 heavy (non-hydrogen) atoms. The van der Waals surface area contributed by atoms with E-state index in [0.29, 0.717) is 25.0 Å². The van der Waals surface area contributed by atoms with Gasteiger partial charge in [0.2, 0.25) is 0 Å². The molecular formula is C34H27F9O3. The fourth-order valence-electron chi connectivity index (χ4n) is 5.18. The lowest BCUT2D eigenvalue weighted by Gasteiger charge is -2.32. The van der Waals surface area contributed by atoms with E-state index in [9.17, 15) is 35.1 Å². The zero-order chi connectivity index (χ0) is 33.2. The van der Waals surface area contributed by atoms with Gasteiger partial charge in [0.1, 0.15) is 34.9 Å². The first-order valence-electron chi connectivity index (χ1n) is 14.4. The first-order chi connectivity index (χ1) is 21.9. The Balaban J connectivity index is 1.23. The Hall–Kier alpha value is -3.87. The average Bonchev–Trinajstić information content (AvgIpc) is 2.99. The van der Waals surface area contributed by atoms with Crippen LogP contribution in [0.1, 0.15) is 49.2 Å². The number of ether oxygens (including phenoxy) is 3. The molecular weight excluding hydrogens is 627 g/mol. The number of rotatable bonds is 10. The highest BCUT2D eigenvalue weighted by Gasteiger charge is 2.43. The van der Waals surface area contributed by atoms with Gasteiger partial charge >= 0.3 is 6.11 Å². The maximum Gasteiger partial charge on any atom is 0.389 e. The van der Waals surface area contributed by atoms with Crippen molar-refractivity contribution in [3.63, 3.8) is 0 Å². The molecule has 1 fully saturated rings. The average molecular weight is 655 g/mol. The van der Waals surface area contributed by atoms with Crippen LogP contribution >= 0.6 is 0 Å². The predicted octanol–water partition coefficient (Wildman–Crippen LogP) is 9.91. The molecule has 0 atom stereocenters. The number of hydrogen-bond acceptors (Lipinski definition) is 3. The number of hydrogen-bond donors (Lipinski definition) is 0. The van der Waals surface area contributed by atoms with Crippen molar-refractivity contribution in [3.05, 3.63) is 118 Å². The van der Waals surface area contributed by atoms with Crippen LogP contribution in [0.3, 0.4) is 0 Å². The smallest absolute Gasteiger partial charge is 0.346 e. The second-order valence-electron chi connectivity index (χ2n) is 10.8. The van der Waals surface area contributed by atoms with Gasteiger partial charge in [-0.05, 0) is 65.9 Å². The van der Waals surface area contributed by atoms with Crippen molar-refractivity contribution in [2.24, 2.45) is 0 Å². The molecule has 0 spiro atoms. The van der Waals surface area contributed by atoms with Gasteiger partial charge in [-0.3, -0.25) is 0 Å². The minimum Gasteiger partial charge on any atom is -0.346 e. The van der Waals surface area contributed by atoms with Crippen LogP contribution < -0.4 is 0 Å². The van der Waals surface area contributed by atoms with E-state index in [1.54, 1.807) is 0 Å². The first-order valence-corrected chi connectivity index (χ1v) is 14.4. The highest BCUT2D eigenvalue weighted by Crippen LogP contribution is 2.38. The maximum absolute atomic E-state index is 15.1. The van der Waals surface area contributed by atoms with E-state index in [4.69, 9.17) is 9.47 Å². The van der Waals surface area contributed by atoms with Gasteiger partial charge in [0, 0.05) is 16.7 Å². The monoisotopic (exact) mass is 654 g/mol. The van der Waals surface area contributed by atoms with Crippen LogP contribution in [0.25, 0.3) is 22.3 Å². The van der Waals surface area contributed by atoms with E-state index in [-0.39, 0.29) is 33.4 Å². The van der Waals surface area contributed by atoms with Gasteiger partial charge < -0.3 is 14.2 Å². The van der Waals surface area contributed by atoms with Gasteiger partial charge in [-0.15, -0.1) is 0 Å². The molecule has 1 aliphatic rings. The van der Waals surface area contributed by atoms with Gasteiger partial charge in [-0.2, -0.15) is 8.78 Å². The van der Waals surface area contributed by atoms with E-state index in [0.717, 1.165) is 43.2 Å². The van der Waals surface area contributed by atoms with Crippen molar-refractivity contribution in [1.82, 2.24) is 0 Å². The lowest BCUT2D eigenvalue weighted by atomic mass is 9.98. The standard InChI is InChI=1S/C34H27F9O3/c1-2-3-4-5-18-10-27(37)31(28(38)11-18)34(42,43)46-22-16-44-33(45-17-22)20-7-9-23(26(36)13-20)19-6-8-24(25(35)12-19)21-14-29(39)32(41)30(40)15-21/h6-15,22,33H,2-5,16-17H2,1H3. The highest BCUT2D eigenvalue weighted by atomic mass is 19.3. The Bertz CT molecular complexity index is 1670. The fraction of sp³-hybridized carbons (Fsp3) is 0.294. The van der Waals surface area contributed by atoms with Gasteiger partial charge in [0.25, 0.3) is 0 Å². The Kier molecular flexibility index (Phi) is 10.1. The van der Waals surface area contributed by atoms with Gasteiger partial charge in [0.05, 0.1) is 13.2 Å². The Morgan fingerprint density at radius 2 is 1.24 bits per heavy atom. The van der Waals surface area contributed by atoms with Gasteiger partial charge in [-0.25, -0.2) is 30.7 Å². The zero-order valence-corrected chi connectivity index (χ0v) is 24.3. The third kappa shape index (κ3) is 7.24. The molecule has 0 bridgehead atoms. The third-order valence-corrected chi connectivity index (χ3v) is 7.48. The number of alkyl halides is 2. The molecule has 0 amide bonds. The van der Waals surface area contributed by atoms with E-state index < -0.39 is 78.0 Å². The Morgan fingerprint density at radius 1 is 0.674 bits per heavy atom. The zero-order valence-electron chi connectivity index (χ0n) is 24.3. The van der Waals surface area contributed by atoms with E-state index in [1.807, 2.05) is 6.92 Å². The minimum atomic E-state index is -4.34. The van der Waals surface area contributed by atoms with Crippen LogP contribution in [0, 0.1) is 40.7 Å². The molecule has 1 aliphatic heterocycles. The summed E-state index contributed by atoms with van der Waals surface area (Å²) < 4.78 is 145. The van der Waals surface area contributed by atoms with Gasteiger partial charge in [0.15, 0.2) is 23.7 Å². The summed E-state index contributed by atoms with van der Waals surface area (Å²) in [7, 11) is 0. The summed E-state index contributed by atoms with van der Waals surface area (Å²) in [6, 6.07) is 10.1. The van der Waals surface area contributed by atoms with Crippen LogP contribution in [-0.4, -0.2) is 19.3 Å². The lowest BCUT2D eigenvalue weighted by Crippen LogP contribution is -2.38. The fourth-order valence-corrected chi connectivity index (χ4v) is 5.18. The molecule has 244 valence electrons. The number of unbranched alkanes of at least 4 members (excludes halogenated alkanes) is 2. The summed E-state index contributed by atoms with van der Waals surface area (Å²) in [5, 5.41) is 0. The molecule has 4 aromatic rings. The molecule has 0 saturated carbocycles. The SMILES string of the molecule is CCCCCc1cc(F)c(C(F)(F)OC2COC(c3ccc(-c4ccc(-c5cc(F)c(F)c(F)c5)c(F)c4)c(F)c3)OC2)c(F)c1. The van der Waals surface area contributed by atoms with Crippen molar-refractivity contribution >= 4 is 0 Å². The predicted molar refractivity (Wildman–Crippen MR) is 150 cm³/mol. The van der Waals surface area contributed by atoms with Crippen LogP contribution in [0.5, 0.6) is 0 Å². The molecule has 0 aromatic heterocycles. The number of halogens is 9. The Labute approximate surface area is 258 Å². The molecule has 0 unspecified atom stereocenters. The molecule has 1 heterocycles. The molecule has 0 radical (unpaired) electrons. The van der Waals surface area contributed by atoms with Crippen molar-refractivity contribution in [2.75, 3.05) is 13.2 Å². The second-order valence-corrected chi connectivity index (χ2v) is 10.8. The van der Waals surface area contributed by atoms with Crippen LogP contribution in [-0.2, 0) is 26.7 Å². The third-order valence-electron chi connectivity index (χ3n) is 7.48. The normalized spacial score (nSPS) is 17.0. The molecule has 0 N–H and O–H groups in total. The number of aryl methyl sites for hydroxylation is 1. The van der Waals surface area contributed by atoms with Crippen LogP contribution in [0.4, 0.5) is 39.5 Å². The van der Waals surface area contributed by atoms with Crippen molar-refractivity contribution in [3.8, 4) is 22.3 Å². The van der Waals surface area contributed by atoms with Crippen LogP contribution in [0.15, 0.2) is 60.7 Å². The summed E-state index contributed by atoms with van der Waals surface area (Å²) in [6.45, 7) is 1.01. The van der Waals surface area contributed by atoms with Crippen molar-refractivity contribution in [2.45, 2.75) is 51.1 Å². The van der Waals surface area contributed by atoms with E-state index in [2.05, 4.69) is 4.74 Å². The van der Waals surface area contributed by atoms with Gasteiger partial charge in [-0.1, -0.05) is 44.0 Å². The molecule has 12 heteroatoms. The van der Waals surface area contributed by atoms with E-state index in [1.165, 1.54) is 18.2 Å². The topological polar surface area (TPSA) is 27.7 Å². The lowest BCUT2D eigenvalue weighted by molar-refractivity contribution is -0.322.